The maximum Gasteiger partial charge on any atom is 0.107 e. The van der Waals surface area contributed by atoms with Gasteiger partial charge in [-0.15, -0.1) is 11.3 Å². The third kappa shape index (κ3) is 3.85. The Balaban J connectivity index is 2.31. The van der Waals surface area contributed by atoms with Crippen molar-refractivity contribution in [1.82, 2.24) is 9.88 Å². The maximum absolute atomic E-state index is 8.65. The van der Waals surface area contributed by atoms with E-state index in [1.54, 1.807) is 11.3 Å². The molecule has 0 bridgehead atoms. The fourth-order valence-electron chi connectivity index (χ4n) is 1.13. The Bertz CT molecular complexity index is 250. The average molecular weight is 200 g/mol. The molecule has 0 saturated carbocycles. The molecule has 0 saturated heterocycles. The van der Waals surface area contributed by atoms with Crippen molar-refractivity contribution in [3.63, 3.8) is 0 Å². The molecule has 0 aliphatic rings. The minimum atomic E-state index is 0.265. The largest absolute Gasteiger partial charge is 0.396 e. The van der Waals surface area contributed by atoms with Crippen LogP contribution in [0.3, 0.4) is 0 Å². The molecule has 1 rings (SSSR count). The molecular weight excluding hydrogens is 184 g/mol. The third-order valence-corrected chi connectivity index (χ3v) is 2.72. The summed E-state index contributed by atoms with van der Waals surface area (Å²) in [5, 5.41) is 11.9. The molecule has 1 heterocycles. The molecule has 13 heavy (non-hydrogen) atoms. The number of thiazole rings is 1. The number of aryl methyl sites for hydroxylation is 1. The number of rotatable bonds is 5. The summed E-state index contributed by atoms with van der Waals surface area (Å²) in [6.45, 7) is 4.09. The van der Waals surface area contributed by atoms with E-state index < -0.39 is 0 Å². The van der Waals surface area contributed by atoms with Crippen molar-refractivity contribution in [2.45, 2.75) is 19.9 Å². The number of aliphatic hydroxyl groups is 1. The minimum absolute atomic E-state index is 0.265. The van der Waals surface area contributed by atoms with Gasteiger partial charge in [-0.25, -0.2) is 4.98 Å². The van der Waals surface area contributed by atoms with E-state index in [9.17, 15) is 0 Å². The van der Waals surface area contributed by atoms with Crippen LogP contribution in [-0.2, 0) is 6.54 Å². The molecule has 0 atom stereocenters. The van der Waals surface area contributed by atoms with Crippen LogP contribution in [0.2, 0.25) is 0 Å². The number of hydrogen-bond acceptors (Lipinski definition) is 4. The van der Waals surface area contributed by atoms with Gasteiger partial charge in [0.1, 0.15) is 5.01 Å². The highest BCUT2D eigenvalue weighted by Gasteiger charge is 2.02. The lowest BCUT2D eigenvalue weighted by atomic mass is 10.4. The highest BCUT2D eigenvalue weighted by atomic mass is 32.1. The zero-order chi connectivity index (χ0) is 9.68. The van der Waals surface area contributed by atoms with Crippen LogP contribution >= 0.6 is 11.3 Å². The third-order valence-electron chi connectivity index (χ3n) is 1.77. The molecule has 1 aromatic rings. The molecule has 1 N–H and O–H groups in total. The van der Waals surface area contributed by atoms with Crippen LogP contribution in [-0.4, -0.2) is 35.2 Å². The zero-order valence-electron chi connectivity index (χ0n) is 8.16. The first-order valence-electron chi connectivity index (χ1n) is 4.43. The smallest absolute Gasteiger partial charge is 0.107 e. The van der Waals surface area contributed by atoms with Gasteiger partial charge in [-0.1, -0.05) is 0 Å². The number of aliphatic hydroxyl groups excluding tert-OH is 1. The first kappa shape index (κ1) is 10.6. The van der Waals surface area contributed by atoms with Crippen molar-refractivity contribution in [3.05, 3.63) is 16.1 Å². The Morgan fingerprint density at radius 2 is 2.38 bits per heavy atom. The second-order valence-corrected chi connectivity index (χ2v) is 4.14. The molecule has 3 nitrogen and oxygen atoms in total. The van der Waals surface area contributed by atoms with Gasteiger partial charge in [0.2, 0.25) is 0 Å². The molecule has 0 aromatic carbocycles. The molecule has 0 aliphatic carbocycles. The lowest BCUT2D eigenvalue weighted by Crippen LogP contribution is -2.19. The molecular formula is C9H16N2OS. The molecule has 0 amide bonds. The Morgan fingerprint density at radius 3 is 2.92 bits per heavy atom. The van der Waals surface area contributed by atoms with Gasteiger partial charge in [-0.2, -0.15) is 0 Å². The van der Waals surface area contributed by atoms with E-state index in [1.807, 2.05) is 14.0 Å². The SMILES string of the molecule is Cc1csc(CN(C)CCCO)n1. The van der Waals surface area contributed by atoms with Crippen molar-refractivity contribution < 1.29 is 5.11 Å². The predicted molar refractivity (Wildman–Crippen MR) is 54.9 cm³/mol. The second kappa shape index (κ2) is 5.32. The first-order chi connectivity index (χ1) is 6.22. The summed E-state index contributed by atoms with van der Waals surface area (Å²) in [6, 6.07) is 0. The van der Waals surface area contributed by atoms with Crippen LogP contribution < -0.4 is 0 Å². The van der Waals surface area contributed by atoms with Gasteiger partial charge in [-0.3, -0.25) is 4.90 Å². The topological polar surface area (TPSA) is 36.4 Å². The van der Waals surface area contributed by atoms with Crippen LogP contribution in [0, 0.1) is 6.92 Å². The number of aromatic nitrogens is 1. The molecule has 0 unspecified atom stereocenters. The van der Waals surface area contributed by atoms with Crippen LogP contribution in [0.5, 0.6) is 0 Å². The fraction of sp³-hybridized carbons (Fsp3) is 0.667. The summed E-state index contributed by atoms with van der Waals surface area (Å²) >= 11 is 1.70. The van der Waals surface area contributed by atoms with E-state index in [-0.39, 0.29) is 6.61 Å². The molecule has 0 aliphatic heterocycles. The molecule has 74 valence electrons. The second-order valence-electron chi connectivity index (χ2n) is 3.20. The van der Waals surface area contributed by atoms with E-state index >= 15 is 0 Å². The van der Waals surface area contributed by atoms with Crippen LogP contribution in [0.4, 0.5) is 0 Å². The predicted octanol–water partition coefficient (Wildman–Crippen LogP) is 1.27. The molecule has 1 aromatic heterocycles. The van der Waals surface area contributed by atoms with Crippen LogP contribution in [0.1, 0.15) is 17.1 Å². The lowest BCUT2D eigenvalue weighted by Gasteiger charge is -2.13. The van der Waals surface area contributed by atoms with Gasteiger partial charge in [0.25, 0.3) is 0 Å². The van der Waals surface area contributed by atoms with E-state index in [0.29, 0.717) is 0 Å². The Labute approximate surface area is 83.0 Å². The van der Waals surface area contributed by atoms with Gasteiger partial charge < -0.3 is 5.11 Å². The summed E-state index contributed by atoms with van der Waals surface area (Å²) < 4.78 is 0. The van der Waals surface area contributed by atoms with Crippen molar-refractivity contribution in [2.24, 2.45) is 0 Å². The van der Waals surface area contributed by atoms with Gasteiger partial charge in [0.05, 0.1) is 6.54 Å². The average Bonchev–Trinajstić information content (AvgIpc) is 2.48. The molecule has 0 radical (unpaired) electrons. The van der Waals surface area contributed by atoms with E-state index in [0.717, 1.165) is 30.2 Å². The summed E-state index contributed by atoms with van der Waals surface area (Å²) in [7, 11) is 2.05. The highest BCUT2D eigenvalue weighted by molar-refractivity contribution is 7.09. The van der Waals surface area contributed by atoms with Crippen LogP contribution in [0.15, 0.2) is 5.38 Å². The quantitative estimate of drug-likeness (QED) is 0.777. The van der Waals surface area contributed by atoms with Crippen molar-refractivity contribution in [3.8, 4) is 0 Å². The van der Waals surface area contributed by atoms with E-state index in [1.165, 1.54) is 0 Å². The highest BCUT2D eigenvalue weighted by Crippen LogP contribution is 2.10. The van der Waals surface area contributed by atoms with Gasteiger partial charge in [0.15, 0.2) is 0 Å². The van der Waals surface area contributed by atoms with Crippen molar-refractivity contribution in [2.75, 3.05) is 20.2 Å². The zero-order valence-corrected chi connectivity index (χ0v) is 8.97. The van der Waals surface area contributed by atoms with E-state index in [2.05, 4.69) is 15.3 Å². The monoisotopic (exact) mass is 200 g/mol. The van der Waals surface area contributed by atoms with Gasteiger partial charge >= 0.3 is 0 Å². The minimum Gasteiger partial charge on any atom is -0.396 e. The summed E-state index contributed by atoms with van der Waals surface area (Å²) in [5.74, 6) is 0. The molecule has 0 spiro atoms. The molecule has 4 heteroatoms. The fourth-order valence-corrected chi connectivity index (χ4v) is 1.98. The van der Waals surface area contributed by atoms with Crippen molar-refractivity contribution in [1.29, 1.82) is 0 Å². The first-order valence-corrected chi connectivity index (χ1v) is 5.30. The normalized spacial score (nSPS) is 11.1. The summed E-state index contributed by atoms with van der Waals surface area (Å²) in [4.78, 5) is 6.55. The Kier molecular flexibility index (Phi) is 4.35. The maximum atomic E-state index is 8.65. The Morgan fingerprint density at radius 1 is 1.62 bits per heavy atom. The Hall–Kier alpha value is -0.450. The van der Waals surface area contributed by atoms with Gasteiger partial charge in [-0.05, 0) is 20.4 Å². The summed E-state index contributed by atoms with van der Waals surface area (Å²) in [6.07, 6.45) is 0.834. The standard InChI is InChI=1S/C9H16N2OS/c1-8-7-13-9(10-8)6-11(2)4-3-5-12/h7,12H,3-6H2,1-2H3. The van der Waals surface area contributed by atoms with Crippen molar-refractivity contribution >= 4 is 11.3 Å². The lowest BCUT2D eigenvalue weighted by molar-refractivity contribution is 0.244. The number of nitrogens with zero attached hydrogens (tertiary/aromatic N) is 2. The number of hydrogen-bond donors (Lipinski definition) is 1. The summed E-state index contributed by atoms with van der Waals surface area (Å²) in [5.41, 5.74) is 1.09. The van der Waals surface area contributed by atoms with Crippen LogP contribution in [0.25, 0.3) is 0 Å². The van der Waals surface area contributed by atoms with E-state index in [4.69, 9.17) is 5.11 Å². The molecule has 0 fully saturated rings. The van der Waals surface area contributed by atoms with Gasteiger partial charge in [0, 0.05) is 24.2 Å².